The van der Waals surface area contributed by atoms with Gasteiger partial charge in [-0.25, -0.2) is 0 Å². The van der Waals surface area contributed by atoms with Crippen LogP contribution in [0.3, 0.4) is 0 Å². The zero-order valence-electron chi connectivity index (χ0n) is 12.0. The minimum Gasteiger partial charge on any atom is -0.192 e. The normalized spacial score (nSPS) is 11.5. The molecule has 1 nitrogen and oxygen atoms in total. The standard InChI is InChI=1S/C21H13N/c22-14-16-7-5-6-15(12-16)13-21-19-10-3-1-8-17(19)18-9-2-4-11-20(18)21/h1-13H. The van der Waals surface area contributed by atoms with Gasteiger partial charge in [-0.2, -0.15) is 5.26 Å². The van der Waals surface area contributed by atoms with Crippen molar-refractivity contribution in [2.45, 2.75) is 0 Å². The highest BCUT2D eigenvalue weighted by Gasteiger charge is 2.22. The van der Waals surface area contributed by atoms with Crippen molar-refractivity contribution in [3.8, 4) is 17.2 Å². The van der Waals surface area contributed by atoms with Crippen molar-refractivity contribution in [3.05, 3.63) is 95.1 Å². The van der Waals surface area contributed by atoms with Gasteiger partial charge in [-0.05, 0) is 51.6 Å². The molecule has 3 aromatic carbocycles. The zero-order chi connectivity index (χ0) is 14.9. The predicted molar refractivity (Wildman–Crippen MR) is 90.0 cm³/mol. The lowest BCUT2D eigenvalue weighted by atomic mass is 10.0. The van der Waals surface area contributed by atoms with Gasteiger partial charge in [0.25, 0.3) is 0 Å². The van der Waals surface area contributed by atoms with Crippen LogP contribution < -0.4 is 0 Å². The van der Waals surface area contributed by atoms with E-state index < -0.39 is 0 Å². The highest BCUT2D eigenvalue weighted by molar-refractivity contribution is 6.06. The lowest BCUT2D eigenvalue weighted by molar-refractivity contribution is 1.48. The molecule has 0 spiro atoms. The summed E-state index contributed by atoms with van der Waals surface area (Å²) in [6.07, 6.45) is 2.17. The first-order chi connectivity index (χ1) is 10.9. The molecule has 102 valence electrons. The molecule has 1 aliphatic rings. The van der Waals surface area contributed by atoms with E-state index in [0.29, 0.717) is 5.56 Å². The fourth-order valence-corrected chi connectivity index (χ4v) is 3.07. The van der Waals surface area contributed by atoms with Crippen LogP contribution in [0.5, 0.6) is 0 Å². The Morgan fingerprint density at radius 1 is 0.682 bits per heavy atom. The van der Waals surface area contributed by atoms with Crippen LogP contribution in [0.15, 0.2) is 72.8 Å². The molecule has 0 heterocycles. The summed E-state index contributed by atoms with van der Waals surface area (Å²) in [7, 11) is 0. The summed E-state index contributed by atoms with van der Waals surface area (Å²) in [5, 5.41) is 9.07. The highest BCUT2D eigenvalue weighted by atomic mass is 14.3. The molecule has 0 N–H and O–H groups in total. The molecule has 0 radical (unpaired) electrons. The van der Waals surface area contributed by atoms with Crippen molar-refractivity contribution in [2.24, 2.45) is 0 Å². The van der Waals surface area contributed by atoms with Crippen molar-refractivity contribution >= 4 is 11.6 Å². The summed E-state index contributed by atoms with van der Waals surface area (Å²) in [4.78, 5) is 0. The first kappa shape index (κ1) is 12.6. The summed E-state index contributed by atoms with van der Waals surface area (Å²) in [6.45, 7) is 0. The average molecular weight is 279 g/mol. The quantitative estimate of drug-likeness (QED) is 0.474. The van der Waals surface area contributed by atoms with E-state index in [1.807, 2.05) is 24.3 Å². The summed E-state index contributed by atoms with van der Waals surface area (Å²) in [6, 6.07) is 26.9. The second-order valence-electron chi connectivity index (χ2n) is 5.39. The molecule has 0 bridgehead atoms. The van der Waals surface area contributed by atoms with Gasteiger partial charge in [0.15, 0.2) is 0 Å². The summed E-state index contributed by atoms with van der Waals surface area (Å²) >= 11 is 0. The van der Waals surface area contributed by atoms with Gasteiger partial charge >= 0.3 is 0 Å². The first-order valence-corrected chi connectivity index (χ1v) is 7.28. The lowest BCUT2D eigenvalue weighted by Crippen LogP contribution is -1.83. The van der Waals surface area contributed by atoms with E-state index in [4.69, 9.17) is 5.26 Å². The second kappa shape index (κ2) is 5.02. The Morgan fingerprint density at radius 2 is 1.27 bits per heavy atom. The summed E-state index contributed by atoms with van der Waals surface area (Å²) in [5.74, 6) is 0. The molecule has 0 saturated carbocycles. The second-order valence-corrected chi connectivity index (χ2v) is 5.39. The molecule has 4 rings (SSSR count). The van der Waals surface area contributed by atoms with E-state index in [2.05, 4.69) is 60.7 Å². The van der Waals surface area contributed by atoms with Gasteiger partial charge in [-0.1, -0.05) is 60.7 Å². The lowest BCUT2D eigenvalue weighted by Gasteiger charge is -2.03. The third kappa shape index (κ3) is 1.94. The van der Waals surface area contributed by atoms with E-state index in [1.54, 1.807) is 0 Å². The van der Waals surface area contributed by atoms with Crippen LogP contribution in [0.4, 0.5) is 0 Å². The van der Waals surface area contributed by atoms with Gasteiger partial charge in [0, 0.05) is 0 Å². The Kier molecular flexibility index (Phi) is 2.88. The van der Waals surface area contributed by atoms with Crippen LogP contribution in [-0.2, 0) is 0 Å². The first-order valence-electron chi connectivity index (χ1n) is 7.28. The Hall–Kier alpha value is -3.11. The minimum atomic E-state index is 0.689. The fourth-order valence-electron chi connectivity index (χ4n) is 3.07. The molecule has 0 fully saturated rings. The molecule has 3 aromatic rings. The Labute approximate surface area is 129 Å². The molecule has 1 heteroatoms. The third-order valence-corrected chi connectivity index (χ3v) is 4.05. The topological polar surface area (TPSA) is 23.8 Å². The SMILES string of the molecule is N#Cc1cccc(C=C2c3ccccc3-c3ccccc32)c1. The molecular formula is C21H13N. The number of nitrogens with zero attached hydrogens (tertiary/aromatic N) is 1. The maximum absolute atomic E-state index is 9.07. The van der Waals surface area contributed by atoms with Crippen LogP contribution in [0.1, 0.15) is 22.3 Å². The molecule has 0 saturated heterocycles. The van der Waals surface area contributed by atoms with Gasteiger partial charge in [-0.3, -0.25) is 0 Å². The maximum atomic E-state index is 9.07. The number of hydrogen-bond acceptors (Lipinski definition) is 1. The predicted octanol–water partition coefficient (Wildman–Crippen LogP) is 5.13. The smallest absolute Gasteiger partial charge is 0.0991 e. The number of nitriles is 1. The van der Waals surface area contributed by atoms with Crippen LogP contribution in [-0.4, -0.2) is 0 Å². The monoisotopic (exact) mass is 279 g/mol. The fraction of sp³-hybridized carbons (Fsp3) is 0. The van der Waals surface area contributed by atoms with Gasteiger partial charge in [-0.15, -0.1) is 0 Å². The number of rotatable bonds is 1. The Bertz CT molecular complexity index is 894. The van der Waals surface area contributed by atoms with Crippen molar-refractivity contribution in [1.82, 2.24) is 0 Å². The van der Waals surface area contributed by atoms with Crippen LogP contribution in [0.2, 0.25) is 0 Å². The molecule has 0 aliphatic heterocycles. The molecule has 1 aliphatic carbocycles. The number of fused-ring (bicyclic) bond motifs is 3. The van der Waals surface area contributed by atoms with Crippen molar-refractivity contribution < 1.29 is 0 Å². The minimum absolute atomic E-state index is 0.689. The van der Waals surface area contributed by atoms with E-state index >= 15 is 0 Å². The van der Waals surface area contributed by atoms with Crippen LogP contribution in [0.25, 0.3) is 22.8 Å². The van der Waals surface area contributed by atoms with Gasteiger partial charge in [0.05, 0.1) is 11.6 Å². The maximum Gasteiger partial charge on any atom is 0.0991 e. The summed E-state index contributed by atoms with van der Waals surface area (Å²) < 4.78 is 0. The molecular weight excluding hydrogens is 266 g/mol. The highest BCUT2D eigenvalue weighted by Crippen LogP contribution is 2.44. The van der Waals surface area contributed by atoms with E-state index in [-0.39, 0.29) is 0 Å². The molecule has 0 unspecified atom stereocenters. The van der Waals surface area contributed by atoms with Crippen molar-refractivity contribution in [2.75, 3.05) is 0 Å². The third-order valence-electron chi connectivity index (χ3n) is 4.05. The molecule has 22 heavy (non-hydrogen) atoms. The zero-order valence-corrected chi connectivity index (χ0v) is 12.0. The number of hydrogen-bond donors (Lipinski definition) is 0. The van der Waals surface area contributed by atoms with Gasteiger partial charge < -0.3 is 0 Å². The van der Waals surface area contributed by atoms with Crippen molar-refractivity contribution in [3.63, 3.8) is 0 Å². The Balaban J connectivity index is 1.95. The van der Waals surface area contributed by atoms with Gasteiger partial charge in [0.1, 0.15) is 0 Å². The molecule has 0 atom stereocenters. The molecule has 0 aromatic heterocycles. The molecule has 0 amide bonds. The largest absolute Gasteiger partial charge is 0.192 e. The summed E-state index contributed by atoms with van der Waals surface area (Å²) in [5.41, 5.74) is 8.04. The van der Waals surface area contributed by atoms with E-state index in [1.165, 1.54) is 27.8 Å². The number of benzene rings is 3. The van der Waals surface area contributed by atoms with E-state index in [9.17, 15) is 0 Å². The van der Waals surface area contributed by atoms with Crippen molar-refractivity contribution in [1.29, 1.82) is 5.26 Å². The van der Waals surface area contributed by atoms with Crippen LogP contribution >= 0.6 is 0 Å². The average Bonchev–Trinajstić information content (AvgIpc) is 2.90. The Morgan fingerprint density at radius 3 is 1.86 bits per heavy atom. The van der Waals surface area contributed by atoms with E-state index in [0.717, 1.165) is 5.56 Å². The van der Waals surface area contributed by atoms with Gasteiger partial charge in [0.2, 0.25) is 0 Å². The van der Waals surface area contributed by atoms with Crippen LogP contribution in [0, 0.1) is 11.3 Å².